The fourth-order valence-corrected chi connectivity index (χ4v) is 1.85. The van der Waals surface area contributed by atoms with Crippen molar-refractivity contribution in [3.8, 4) is 0 Å². The average molecular weight is 267 g/mol. The van der Waals surface area contributed by atoms with Crippen LogP contribution in [0.5, 0.6) is 0 Å². The topological polar surface area (TPSA) is 54.3 Å². The van der Waals surface area contributed by atoms with Gasteiger partial charge in [-0.25, -0.2) is 4.79 Å². The molecular weight excluding hydrogens is 252 g/mol. The molecule has 0 atom stereocenters. The summed E-state index contributed by atoms with van der Waals surface area (Å²) < 4.78 is 5.43. The molecular formula is C13H15ClN2O2. The molecule has 0 spiro atoms. The molecule has 0 saturated carbocycles. The second-order valence-corrected chi connectivity index (χ2v) is 4.26. The molecule has 0 fully saturated rings. The summed E-state index contributed by atoms with van der Waals surface area (Å²) in [5.41, 5.74) is 1.97. The molecule has 4 nitrogen and oxygen atoms in total. The van der Waals surface area contributed by atoms with Gasteiger partial charge in [0.1, 0.15) is 5.58 Å². The molecule has 0 aliphatic carbocycles. The first-order valence-corrected chi connectivity index (χ1v) is 6.37. The number of fused-ring (bicyclic) bond motifs is 1. The summed E-state index contributed by atoms with van der Waals surface area (Å²) >= 11 is 5.47. The van der Waals surface area contributed by atoms with Crippen LogP contribution in [0.25, 0.3) is 11.0 Å². The molecule has 0 saturated heterocycles. The molecule has 1 aromatic carbocycles. The van der Waals surface area contributed by atoms with Gasteiger partial charge in [-0.15, -0.1) is 11.6 Å². The number of hydrogen-bond donors (Lipinski definition) is 2. The van der Waals surface area contributed by atoms with Gasteiger partial charge in [0, 0.05) is 24.4 Å². The summed E-state index contributed by atoms with van der Waals surface area (Å²) in [6.07, 6.45) is 2.48. The minimum atomic E-state index is -0.191. The van der Waals surface area contributed by atoms with Gasteiger partial charge in [-0.3, -0.25) is 0 Å². The van der Waals surface area contributed by atoms with E-state index in [9.17, 15) is 4.79 Å². The first kappa shape index (κ1) is 12.8. The lowest BCUT2D eigenvalue weighted by molar-refractivity contribution is 0.241. The number of nitrogens with one attached hydrogen (secondary N) is 2. The van der Waals surface area contributed by atoms with E-state index < -0.39 is 0 Å². The van der Waals surface area contributed by atoms with Gasteiger partial charge in [-0.1, -0.05) is 18.2 Å². The van der Waals surface area contributed by atoms with Gasteiger partial charge >= 0.3 is 6.03 Å². The van der Waals surface area contributed by atoms with E-state index in [-0.39, 0.29) is 6.03 Å². The molecule has 96 valence electrons. The molecule has 18 heavy (non-hydrogen) atoms. The van der Waals surface area contributed by atoms with E-state index in [0.717, 1.165) is 23.0 Å². The summed E-state index contributed by atoms with van der Waals surface area (Å²) in [6.45, 7) is 1.04. The molecule has 0 unspecified atom stereocenters. The van der Waals surface area contributed by atoms with Crippen LogP contribution in [-0.4, -0.2) is 25.0 Å². The zero-order chi connectivity index (χ0) is 12.8. The van der Waals surface area contributed by atoms with Gasteiger partial charge in [0.05, 0.1) is 6.26 Å². The fourth-order valence-electron chi connectivity index (χ4n) is 1.76. The predicted molar refractivity (Wildman–Crippen MR) is 72.0 cm³/mol. The molecule has 2 amide bonds. The maximum Gasteiger partial charge on any atom is 0.314 e. The van der Waals surface area contributed by atoms with Gasteiger partial charge in [-0.05, 0) is 18.1 Å². The van der Waals surface area contributed by atoms with Crippen molar-refractivity contribution in [2.45, 2.75) is 6.42 Å². The maximum atomic E-state index is 11.3. The summed E-state index contributed by atoms with van der Waals surface area (Å²) in [5, 5.41) is 6.51. The largest absolute Gasteiger partial charge is 0.464 e. The molecule has 0 aliphatic rings. The smallest absolute Gasteiger partial charge is 0.314 e. The maximum absolute atomic E-state index is 11.3. The molecule has 2 N–H and O–H groups in total. The van der Waals surface area contributed by atoms with Crippen molar-refractivity contribution in [1.29, 1.82) is 0 Å². The highest BCUT2D eigenvalue weighted by atomic mass is 35.5. The number of carbonyl (C=O) groups excluding carboxylic acids is 1. The quantitative estimate of drug-likeness (QED) is 0.817. The lowest BCUT2D eigenvalue weighted by atomic mass is 10.1. The average Bonchev–Trinajstić information content (AvgIpc) is 2.80. The molecule has 0 aliphatic heterocycles. The summed E-state index contributed by atoms with van der Waals surface area (Å²) in [4.78, 5) is 11.3. The lowest BCUT2D eigenvalue weighted by Crippen LogP contribution is -2.37. The SMILES string of the molecule is O=C(NCCCl)NCCc1coc2ccccc12. The van der Waals surface area contributed by atoms with E-state index >= 15 is 0 Å². The molecule has 0 bridgehead atoms. The van der Waals surface area contributed by atoms with Crippen LogP contribution in [-0.2, 0) is 6.42 Å². The molecule has 1 heterocycles. The van der Waals surface area contributed by atoms with E-state index in [1.807, 2.05) is 24.3 Å². The highest BCUT2D eigenvalue weighted by molar-refractivity contribution is 6.18. The van der Waals surface area contributed by atoms with E-state index in [1.165, 1.54) is 0 Å². The van der Waals surface area contributed by atoms with Crippen molar-refractivity contribution in [2.24, 2.45) is 0 Å². The fraction of sp³-hybridized carbons (Fsp3) is 0.308. The number of alkyl halides is 1. The number of rotatable bonds is 5. The Morgan fingerprint density at radius 1 is 1.22 bits per heavy atom. The molecule has 2 rings (SSSR count). The van der Waals surface area contributed by atoms with Crippen molar-refractivity contribution >= 4 is 28.6 Å². The summed E-state index contributed by atoms with van der Waals surface area (Å²) in [7, 11) is 0. The van der Waals surface area contributed by atoms with Crippen LogP contribution in [0, 0.1) is 0 Å². The number of urea groups is 1. The Balaban J connectivity index is 1.85. The molecule has 2 aromatic rings. The first-order valence-electron chi connectivity index (χ1n) is 5.84. The third-order valence-corrected chi connectivity index (χ3v) is 2.81. The van der Waals surface area contributed by atoms with Crippen LogP contribution in [0.15, 0.2) is 34.9 Å². The number of benzene rings is 1. The zero-order valence-electron chi connectivity index (χ0n) is 9.91. The Bertz CT molecular complexity index is 524. The van der Waals surface area contributed by atoms with Crippen LogP contribution < -0.4 is 10.6 Å². The van der Waals surface area contributed by atoms with Gasteiger partial charge < -0.3 is 15.1 Å². The number of hydrogen-bond acceptors (Lipinski definition) is 2. The Morgan fingerprint density at radius 3 is 2.83 bits per heavy atom. The van der Waals surface area contributed by atoms with Crippen LogP contribution in [0.4, 0.5) is 4.79 Å². The summed E-state index contributed by atoms with van der Waals surface area (Å²) in [5.74, 6) is 0.416. The predicted octanol–water partition coefficient (Wildman–Crippen LogP) is 2.51. The first-order chi connectivity index (χ1) is 8.81. The summed E-state index contributed by atoms with van der Waals surface area (Å²) in [6, 6.07) is 7.67. The van der Waals surface area contributed by atoms with Gasteiger partial charge in [-0.2, -0.15) is 0 Å². The van der Waals surface area contributed by atoms with Crippen molar-refractivity contribution in [3.05, 3.63) is 36.1 Å². The van der Waals surface area contributed by atoms with E-state index in [2.05, 4.69) is 10.6 Å². The molecule has 1 aromatic heterocycles. The Hall–Kier alpha value is -1.68. The van der Waals surface area contributed by atoms with Crippen LogP contribution in [0.2, 0.25) is 0 Å². The number of carbonyl (C=O) groups is 1. The van der Waals surface area contributed by atoms with Crippen LogP contribution in [0.1, 0.15) is 5.56 Å². The number of halogens is 1. The highest BCUT2D eigenvalue weighted by Gasteiger charge is 2.05. The van der Waals surface area contributed by atoms with Crippen molar-refractivity contribution in [2.75, 3.05) is 19.0 Å². The second-order valence-electron chi connectivity index (χ2n) is 3.88. The van der Waals surface area contributed by atoms with Crippen molar-refractivity contribution in [1.82, 2.24) is 10.6 Å². The van der Waals surface area contributed by atoms with Crippen molar-refractivity contribution < 1.29 is 9.21 Å². The van der Waals surface area contributed by atoms with Gasteiger partial charge in [0.15, 0.2) is 0 Å². The minimum Gasteiger partial charge on any atom is -0.464 e. The van der Waals surface area contributed by atoms with Gasteiger partial charge in [0.2, 0.25) is 0 Å². The third kappa shape index (κ3) is 3.17. The van der Waals surface area contributed by atoms with E-state index in [0.29, 0.717) is 19.0 Å². The van der Waals surface area contributed by atoms with E-state index in [4.69, 9.17) is 16.0 Å². The number of amides is 2. The Morgan fingerprint density at radius 2 is 2.00 bits per heavy atom. The van der Waals surface area contributed by atoms with Crippen LogP contribution >= 0.6 is 11.6 Å². The third-order valence-electron chi connectivity index (χ3n) is 2.62. The Kier molecular flexibility index (Phi) is 4.47. The monoisotopic (exact) mass is 266 g/mol. The second kappa shape index (κ2) is 6.31. The highest BCUT2D eigenvalue weighted by Crippen LogP contribution is 2.20. The van der Waals surface area contributed by atoms with Crippen molar-refractivity contribution in [3.63, 3.8) is 0 Å². The Labute approximate surface area is 110 Å². The van der Waals surface area contributed by atoms with Crippen LogP contribution in [0.3, 0.4) is 0 Å². The number of furan rings is 1. The lowest BCUT2D eigenvalue weighted by Gasteiger charge is -2.05. The van der Waals surface area contributed by atoms with Gasteiger partial charge in [0.25, 0.3) is 0 Å². The standard InChI is InChI=1S/C13H15ClN2O2/c14-6-8-16-13(17)15-7-5-10-9-18-12-4-2-1-3-11(10)12/h1-4,9H,5-8H2,(H2,15,16,17). The molecule has 0 radical (unpaired) electrons. The minimum absolute atomic E-state index is 0.191. The molecule has 5 heteroatoms. The normalized spacial score (nSPS) is 10.5. The number of para-hydroxylation sites is 1. The van der Waals surface area contributed by atoms with E-state index in [1.54, 1.807) is 6.26 Å². The zero-order valence-corrected chi connectivity index (χ0v) is 10.7.